The molecule has 11 nitrogen and oxygen atoms in total. The zero-order chi connectivity index (χ0) is 22.5. The van der Waals surface area contributed by atoms with Gasteiger partial charge in [-0.15, -0.1) is 0 Å². The fourth-order valence-electron chi connectivity index (χ4n) is 2.21. The van der Waals surface area contributed by atoms with Crippen LogP contribution in [0.5, 0.6) is 0 Å². The third kappa shape index (κ3) is 9.17. The highest BCUT2D eigenvalue weighted by molar-refractivity contribution is 5.96. The number of nitro groups is 1. The number of rotatable bonds is 8. The van der Waals surface area contributed by atoms with Gasteiger partial charge in [-0.1, -0.05) is 18.2 Å². The molecule has 0 fully saturated rings. The molecule has 0 aliphatic carbocycles. The Morgan fingerprint density at radius 3 is 2.23 bits per heavy atom. The van der Waals surface area contributed by atoms with Gasteiger partial charge in [0.15, 0.2) is 5.96 Å². The molecule has 0 heterocycles. The number of benzene rings is 2. The van der Waals surface area contributed by atoms with E-state index in [9.17, 15) is 19.7 Å². The van der Waals surface area contributed by atoms with Gasteiger partial charge in [-0.05, 0) is 37.1 Å². The summed E-state index contributed by atoms with van der Waals surface area (Å²) in [4.78, 5) is 32.6. The Hall–Kier alpha value is -4.15. The molecule has 0 aliphatic heterocycles. The van der Waals surface area contributed by atoms with Gasteiger partial charge in [0.2, 0.25) is 0 Å². The lowest BCUT2D eigenvalue weighted by molar-refractivity contribution is -0.384. The van der Waals surface area contributed by atoms with E-state index in [1.54, 1.807) is 30.3 Å². The number of carbonyl (C=O) groups is 2. The van der Waals surface area contributed by atoms with Crippen LogP contribution in [0.3, 0.4) is 0 Å². The molecular formula is C19H24N6O5. The number of anilines is 1. The predicted octanol–water partition coefficient (Wildman–Crippen LogP) is 1.31. The molecule has 0 aliphatic rings. The fraction of sp³-hybridized carbons (Fsp3) is 0.211. The van der Waals surface area contributed by atoms with Gasteiger partial charge < -0.3 is 27.2 Å². The lowest BCUT2D eigenvalue weighted by Crippen LogP contribution is -2.41. The topological polar surface area (TPSA) is 197 Å². The number of carbonyl (C=O) groups excluding carboxylic acids is 1. The molecule has 0 aromatic heterocycles. The van der Waals surface area contributed by atoms with Crippen molar-refractivity contribution in [1.82, 2.24) is 10.6 Å². The Bertz CT molecular complexity index is 857. The highest BCUT2D eigenvalue weighted by atomic mass is 16.6. The van der Waals surface area contributed by atoms with Gasteiger partial charge in [0, 0.05) is 29.9 Å². The number of carboxylic acid groups (broad SMARTS) is 1. The fourth-order valence-corrected chi connectivity index (χ4v) is 2.21. The Morgan fingerprint density at radius 2 is 1.73 bits per heavy atom. The van der Waals surface area contributed by atoms with E-state index in [0.29, 0.717) is 24.2 Å². The number of hydrogen-bond acceptors (Lipinski definition) is 6. The zero-order valence-electron chi connectivity index (χ0n) is 16.1. The van der Waals surface area contributed by atoms with Crippen LogP contribution < -0.4 is 22.1 Å². The van der Waals surface area contributed by atoms with E-state index < -0.39 is 22.8 Å². The lowest BCUT2D eigenvalue weighted by Gasteiger charge is -2.14. The molecule has 2 aromatic rings. The number of hydrogen-bond donors (Lipinski definition) is 6. The average molecular weight is 416 g/mol. The minimum atomic E-state index is -1.09. The molecule has 8 N–H and O–H groups in total. The number of nitrogens with one attached hydrogen (secondary N) is 3. The number of nitrogens with zero attached hydrogens (tertiary/aromatic N) is 1. The molecule has 160 valence electrons. The summed E-state index contributed by atoms with van der Waals surface area (Å²) in [6.07, 6.45) is 0.736. The summed E-state index contributed by atoms with van der Waals surface area (Å²) < 4.78 is 0. The summed E-state index contributed by atoms with van der Waals surface area (Å²) in [7, 11) is 0. The highest BCUT2D eigenvalue weighted by Crippen LogP contribution is 2.12. The van der Waals surface area contributed by atoms with Crippen LogP contribution in [0.1, 0.15) is 23.2 Å². The van der Waals surface area contributed by atoms with Gasteiger partial charge in [0.05, 0.1) is 4.92 Å². The number of nitrogens with two attached hydrogens (primary N) is 2. The Balaban J connectivity index is 0.000000375. The Labute approximate surface area is 172 Å². The molecule has 2 aromatic carbocycles. The Kier molecular flexibility index (Phi) is 9.82. The first-order chi connectivity index (χ1) is 14.2. The van der Waals surface area contributed by atoms with Crippen molar-refractivity contribution in [3.8, 4) is 0 Å². The smallest absolute Gasteiger partial charge is 0.326 e. The molecule has 1 amide bonds. The van der Waals surface area contributed by atoms with Crippen LogP contribution in [-0.2, 0) is 4.79 Å². The Morgan fingerprint density at radius 1 is 1.13 bits per heavy atom. The third-order valence-corrected chi connectivity index (χ3v) is 3.73. The number of non-ortho nitro benzene ring substituents is 1. The first-order valence-electron chi connectivity index (χ1n) is 8.87. The molecule has 30 heavy (non-hydrogen) atoms. The average Bonchev–Trinajstić information content (AvgIpc) is 2.71. The minimum absolute atomic E-state index is 0.0641. The maximum atomic E-state index is 11.9. The molecule has 1 atom stereocenters. The summed E-state index contributed by atoms with van der Waals surface area (Å²) in [6.45, 7) is 0.389. The van der Waals surface area contributed by atoms with Crippen LogP contribution in [-0.4, -0.2) is 40.5 Å². The van der Waals surface area contributed by atoms with Gasteiger partial charge in [0.1, 0.15) is 6.04 Å². The van der Waals surface area contributed by atoms with Crippen molar-refractivity contribution in [3.63, 3.8) is 0 Å². The quantitative estimate of drug-likeness (QED) is 0.0924. The maximum absolute atomic E-state index is 11.9. The van der Waals surface area contributed by atoms with Gasteiger partial charge >= 0.3 is 5.97 Å². The molecule has 0 unspecified atom stereocenters. The second-order valence-corrected chi connectivity index (χ2v) is 6.06. The third-order valence-electron chi connectivity index (χ3n) is 3.73. The molecule has 0 spiro atoms. The van der Waals surface area contributed by atoms with E-state index >= 15 is 0 Å². The van der Waals surface area contributed by atoms with Crippen LogP contribution in [0.4, 0.5) is 11.4 Å². The molecule has 0 bridgehead atoms. The van der Waals surface area contributed by atoms with Crippen molar-refractivity contribution >= 4 is 29.2 Å². The molecule has 0 saturated heterocycles. The van der Waals surface area contributed by atoms with Crippen molar-refractivity contribution in [2.45, 2.75) is 18.9 Å². The summed E-state index contributed by atoms with van der Waals surface area (Å²) >= 11 is 0. The first-order valence-corrected chi connectivity index (χ1v) is 8.87. The number of nitrogen functional groups attached to an aromatic ring is 1. The van der Waals surface area contributed by atoms with Crippen molar-refractivity contribution in [1.29, 1.82) is 5.41 Å². The number of amides is 1. The van der Waals surface area contributed by atoms with Gasteiger partial charge in [-0.3, -0.25) is 20.3 Å². The monoisotopic (exact) mass is 416 g/mol. The van der Waals surface area contributed by atoms with Gasteiger partial charge in [0.25, 0.3) is 11.6 Å². The predicted molar refractivity (Wildman–Crippen MR) is 112 cm³/mol. The molecule has 0 saturated carbocycles. The number of carboxylic acids is 1. The van der Waals surface area contributed by atoms with Crippen molar-refractivity contribution < 1.29 is 19.6 Å². The summed E-state index contributed by atoms with van der Waals surface area (Å²) in [5.41, 5.74) is 11.4. The van der Waals surface area contributed by atoms with Crippen LogP contribution in [0, 0.1) is 15.5 Å². The molecule has 11 heteroatoms. The van der Waals surface area contributed by atoms with E-state index in [0.717, 1.165) is 0 Å². The number of guanidine groups is 1. The van der Waals surface area contributed by atoms with Crippen LogP contribution in [0.25, 0.3) is 0 Å². The largest absolute Gasteiger partial charge is 0.480 e. The van der Waals surface area contributed by atoms with Crippen molar-refractivity contribution in [2.24, 2.45) is 5.73 Å². The van der Waals surface area contributed by atoms with Gasteiger partial charge in [-0.25, -0.2) is 4.79 Å². The van der Waals surface area contributed by atoms with E-state index in [-0.39, 0.29) is 18.1 Å². The zero-order valence-corrected chi connectivity index (χ0v) is 16.1. The highest BCUT2D eigenvalue weighted by Gasteiger charge is 2.19. The van der Waals surface area contributed by atoms with E-state index in [1.807, 2.05) is 0 Å². The summed E-state index contributed by atoms with van der Waals surface area (Å²) in [6, 6.07) is 13.2. The second kappa shape index (κ2) is 12.3. The SMILES string of the molecule is N=C(N)NCCC[C@H](NC(=O)c1ccccc1)C(=O)O.Nc1ccc([N+](=O)[O-])cc1. The van der Waals surface area contributed by atoms with Crippen LogP contribution in [0.15, 0.2) is 54.6 Å². The molecule has 2 rings (SSSR count). The van der Waals surface area contributed by atoms with Crippen LogP contribution >= 0.6 is 0 Å². The number of nitro benzene ring substituents is 1. The normalized spacial score (nSPS) is 10.7. The van der Waals surface area contributed by atoms with E-state index in [2.05, 4.69) is 10.6 Å². The van der Waals surface area contributed by atoms with Gasteiger partial charge in [-0.2, -0.15) is 0 Å². The van der Waals surface area contributed by atoms with Crippen molar-refractivity contribution in [3.05, 3.63) is 70.3 Å². The molecular weight excluding hydrogens is 392 g/mol. The lowest BCUT2D eigenvalue weighted by atomic mass is 10.1. The summed E-state index contributed by atoms with van der Waals surface area (Å²) in [5, 5.41) is 31.2. The summed E-state index contributed by atoms with van der Waals surface area (Å²) in [5.74, 6) is -1.67. The number of aliphatic carboxylic acids is 1. The maximum Gasteiger partial charge on any atom is 0.326 e. The first kappa shape index (κ1) is 23.9. The van der Waals surface area contributed by atoms with E-state index in [1.165, 1.54) is 24.3 Å². The minimum Gasteiger partial charge on any atom is -0.480 e. The van der Waals surface area contributed by atoms with Crippen molar-refractivity contribution in [2.75, 3.05) is 12.3 Å². The van der Waals surface area contributed by atoms with E-state index in [4.69, 9.17) is 22.0 Å². The molecule has 0 radical (unpaired) electrons. The van der Waals surface area contributed by atoms with Crippen LogP contribution in [0.2, 0.25) is 0 Å². The standard InChI is InChI=1S/C13H18N4O3.C6H6N2O2/c14-13(15)16-8-4-7-10(12(19)20)17-11(18)9-5-2-1-3-6-9;7-5-1-3-6(4-2-5)8(9)10/h1-3,5-6,10H,4,7-8H2,(H,17,18)(H,19,20)(H4,14,15,16);1-4H,7H2/t10-;/m0./s1. The second-order valence-electron chi connectivity index (χ2n) is 6.06.